The Morgan fingerprint density at radius 1 is 1.16 bits per heavy atom. The number of hydrogen-bond donors (Lipinski definition) is 0. The smallest absolute Gasteiger partial charge is 0.152 e. The number of halogens is 1. The van der Waals surface area contributed by atoms with Crippen LogP contribution < -0.4 is 4.74 Å². The molecule has 3 heteroatoms. The molecule has 2 aromatic rings. The molecule has 0 N–H and O–H groups in total. The SMILES string of the molecule is C=CCOC1c2ccccc2Oc2c(Cl)cccc21. The van der Waals surface area contributed by atoms with Gasteiger partial charge in [-0.25, -0.2) is 0 Å². The zero-order valence-electron chi connectivity index (χ0n) is 10.3. The number of ether oxygens (including phenoxy) is 2. The van der Waals surface area contributed by atoms with Crippen LogP contribution in [0.1, 0.15) is 17.2 Å². The van der Waals surface area contributed by atoms with Crippen LogP contribution >= 0.6 is 11.6 Å². The van der Waals surface area contributed by atoms with Crippen molar-refractivity contribution < 1.29 is 9.47 Å². The molecule has 0 bridgehead atoms. The van der Waals surface area contributed by atoms with Gasteiger partial charge in [-0.2, -0.15) is 0 Å². The van der Waals surface area contributed by atoms with Gasteiger partial charge in [-0.05, 0) is 12.1 Å². The average molecular weight is 273 g/mol. The second kappa shape index (κ2) is 5.08. The summed E-state index contributed by atoms with van der Waals surface area (Å²) < 4.78 is 11.8. The van der Waals surface area contributed by atoms with Gasteiger partial charge in [0, 0.05) is 11.1 Å². The van der Waals surface area contributed by atoms with Crippen LogP contribution in [-0.2, 0) is 4.74 Å². The summed E-state index contributed by atoms with van der Waals surface area (Å²) in [5.41, 5.74) is 1.96. The highest BCUT2D eigenvalue weighted by Gasteiger charge is 2.28. The summed E-state index contributed by atoms with van der Waals surface area (Å²) in [5.74, 6) is 1.47. The van der Waals surface area contributed by atoms with Crippen LogP contribution in [0.5, 0.6) is 11.5 Å². The van der Waals surface area contributed by atoms with Gasteiger partial charge in [0.1, 0.15) is 11.9 Å². The Morgan fingerprint density at radius 2 is 1.95 bits per heavy atom. The summed E-state index contributed by atoms with van der Waals surface area (Å²) in [6.45, 7) is 4.17. The number of rotatable bonds is 3. The second-order valence-corrected chi connectivity index (χ2v) is 4.71. The highest BCUT2D eigenvalue weighted by molar-refractivity contribution is 6.32. The van der Waals surface area contributed by atoms with Gasteiger partial charge in [-0.3, -0.25) is 0 Å². The highest BCUT2D eigenvalue weighted by atomic mass is 35.5. The van der Waals surface area contributed by atoms with E-state index in [0.717, 1.165) is 16.9 Å². The van der Waals surface area contributed by atoms with Gasteiger partial charge in [0.15, 0.2) is 5.75 Å². The van der Waals surface area contributed by atoms with Crippen molar-refractivity contribution >= 4 is 11.6 Å². The third-order valence-corrected chi connectivity index (χ3v) is 3.37. The van der Waals surface area contributed by atoms with E-state index in [1.807, 2.05) is 42.5 Å². The van der Waals surface area contributed by atoms with E-state index in [-0.39, 0.29) is 6.10 Å². The van der Waals surface area contributed by atoms with Crippen LogP contribution in [0.2, 0.25) is 5.02 Å². The zero-order chi connectivity index (χ0) is 13.2. The van der Waals surface area contributed by atoms with E-state index in [9.17, 15) is 0 Å². The highest BCUT2D eigenvalue weighted by Crippen LogP contribution is 2.47. The topological polar surface area (TPSA) is 18.5 Å². The quantitative estimate of drug-likeness (QED) is 0.752. The van der Waals surface area contributed by atoms with Crippen LogP contribution in [-0.4, -0.2) is 6.61 Å². The maximum Gasteiger partial charge on any atom is 0.152 e. The molecule has 0 spiro atoms. The second-order valence-electron chi connectivity index (χ2n) is 4.30. The van der Waals surface area contributed by atoms with E-state index in [0.29, 0.717) is 17.4 Å². The average Bonchev–Trinajstić information content (AvgIpc) is 2.44. The lowest BCUT2D eigenvalue weighted by Crippen LogP contribution is -2.13. The monoisotopic (exact) mass is 272 g/mol. The number of fused-ring (bicyclic) bond motifs is 2. The van der Waals surface area contributed by atoms with Crippen molar-refractivity contribution in [1.82, 2.24) is 0 Å². The van der Waals surface area contributed by atoms with Crippen LogP contribution in [0.3, 0.4) is 0 Å². The van der Waals surface area contributed by atoms with Crippen molar-refractivity contribution in [2.75, 3.05) is 6.61 Å². The Bertz CT molecular complexity index is 622. The molecule has 1 atom stereocenters. The molecule has 1 unspecified atom stereocenters. The molecule has 2 aromatic carbocycles. The van der Waals surface area contributed by atoms with Crippen molar-refractivity contribution in [3.05, 3.63) is 71.3 Å². The molecule has 1 aliphatic heterocycles. The summed E-state index contributed by atoms with van der Waals surface area (Å²) in [4.78, 5) is 0. The molecular formula is C16H13ClO2. The van der Waals surface area contributed by atoms with Crippen LogP contribution in [0.4, 0.5) is 0 Å². The third-order valence-electron chi connectivity index (χ3n) is 3.07. The fourth-order valence-corrected chi connectivity index (χ4v) is 2.47. The van der Waals surface area contributed by atoms with Gasteiger partial charge >= 0.3 is 0 Å². The van der Waals surface area contributed by atoms with Crippen molar-refractivity contribution in [2.45, 2.75) is 6.10 Å². The Hall–Kier alpha value is -1.77. The standard InChI is InChI=1S/C16H13ClO2/c1-2-10-18-15-11-6-3-4-9-14(11)19-16-12(15)7-5-8-13(16)17/h2-9,15H,1,10H2. The van der Waals surface area contributed by atoms with Crippen LogP contribution in [0.25, 0.3) is 0 Å². The molecule has 1 heterocycles. The fourth-order valence-electron chi connectivity index (χ4n) is 2.25. The summed E-state index contributed by atoms with van der Waals surface area (Å²) in [5, 5.41) is 0.596. The van der Waals surface area contributed by atoms with E-state index in [4.69, 9.17) is 21.1 Å². The van der Waals surface area contributed by atoms with Crippen molar-refractivity contribution in [1.29, 1.82) is 0 Å². The predicted molar refractivity (Wildman–Crippen MR) is 76.0 cm³/mol. The zero-order valence-corrected chi connectivity index (χ0v) is 11.1. The minimum absolute atomic E-state index is 0.170. The number of benzene rings is 2. The summed E-state index contributed by atoms with van der Waals surface area (Å²) in [6.07, 6.45) is 1.57. The van der Waals surface area contributed by atoms with Crippen molar-refractivity contribution in [2.24, 2.45) is 0 Å². The van der Waals surface area contributed by atoms with E-state index >= 15 is 0 Å². The lowest BCUT2D eigenvalue weighted by atomic mass is 9.97. The molecule has 0 radical (unpaired) electrons. The summed E-state index contributed by atoms with van der Waals surface area (Å²) >= 11 is 6.21. The first-order valence-electron chi connectivity index (χ1n) is 6.09. The molecule has 1 aliphatic rings. The maximum absolute atomic E-state index is 6.21. The predicted octanol–water partition coefficient (Wildman–Crippen LogP) is 4.74. The van der Waals surface area contributed by atoms with E-state index in [2.05, 4.69) is 6.58 Å². The Labute approximate surface area is 117 Å². The largest absolute Gasteiger partial charge is 0.455 e. The first kappa shape index (κ1) is 12.3. The van der Waals surface area contributed by atoms with Gasteiger partial charge in [0.2, 0.25) is 0 Å². The minimum Gasteiger partial charge on any atom is -0.455 e. The molecule has 0 saturated carbocycles. The lowest BCUT2D eigenvalue weighted by Gasteiger charge is -2.28. The molecule has 0 aliphatic carbocycles. The van der Waals surface area contributed by atoms with Crippen molar-refractivity contribution in [3.63, 3.8) is 0 Å². The number of hydrogen-bond acceptors (Lipinski definition) is 2. The van der Waals surface area contributed by atoms with Crippen LogP contribution in [0.15, 0.2) is 55.1 Å². The van der Waals surface area contributed by atoms with Gasteiger partial charge < -0.3 is 9.47 Å². The first-order valence-corrected chi connectivity index (χ1v) is 6.46. The lowest BCUT2D eigenvalue weighted by molar-refractivity contribution is 0.0962. The molecular weight excluding hydrogens is 260 g/mol. The van der Waals surface area contributed by atoms with E-state index in [1.165, 1.54) is 0 Å². The minimum atomic E-state index is -0.170. The normalized spacial score (nSPS) is 16.2. The fraction of sp³-hybridized carbons (Fsp3) is 0.125. The van der Waals surface area contributed by atoms with Gasteiger partial charge in [-0.1, -0.05) is 48.0 Å². The van der Waals surface area contributed by atoms with Gasteiger partial charge in [-0.15, -0.1) is 6.58 Å². The molecule has 0 fully saturated rings. The summed E-state index contributed by atoms with van der Waals surface area (Å²) in [7, 11) is 0. The van der Waals surface area contributed by atoms with Crippen LogP contribution in [0, 0.1) is 0 Å². The van der Waals surface area contributed by atoms with E-state index < -0.39 is 0 Å². The Kier molecular flexibility index (Phi) is 3.28. The molecule has 2 nitrogen and oxygen atoms in total. The van der Waals surface area contributed by atoms with Crippen molar-refractivity contribution in [3.8, 4) is 11.5 Å². The molecule has 0 saturated heterocycles. The molecule has 0 amide bonds. The maximum atomic E-state index is 6.21. The Balaban J connectivity index is 2.12. The van der Waals surface area contributed by atoms with Gasteiger partial charge in [0.25, 0.3) is 0 Å². The van der Waals surface area contributed by atoms with Gasteiger partial charge in [0.05, 0.1) is 11.6 Å². The van der Waals surface area contributed by atoms with E-state index in [1.54, 1.807) is 6.08 Å². The Morgan fingerprint density at radius 3 is 2.79 bits per heavy atom. The molecule has 96 valence electrons. The molecule has 3 rings (SSSR count). The first-order chi connectivity index (χ1) is 9.31. The number of para-hydroxylation sites is 2. The molecule has 19 heavy (non-hydrogen) atoms. The third kappa shape index (κ3) is 2.14. The molecule has 0 aromatic heterocycles. The summed E-state index contributed by atoms with van der Waals surface area (Å²) in [6, 6.07) is 13.5.